The van der Waals surface area contributed by atoms with E-state index in [1.54, 1.807) is 6.07 Å². The number of carbonyl (C=O) groups is 1. The number of ether oxygens (including phenoxy) is 1. The topological polar surface area (TPSA) is 51.5 Å². The Bertz CT molecular complexity index is 533. The minimum atomic E-state index is -1.17. The molecule has 15 heavy (non-hydrogen) atoms. The molecule has 1 N–H and O–H groups in total. The number of fused-ring (bicyclic) bond motifs is 1. The van der Waals surface area contributed by atoms with Crippen molar-refractivity contribution in [3.05, 3.63) is 30.2 Å². The van der Waals surface area contributed by atoms with Gasteiger partial charge in [0.15, 0.2) is 11.6 Å². The second-order valence-electron chi connectivity index (χ2n) is 2.99. The number of benzene rings is 1. The fraction of sp³-hybridized carbons (Fsp3) is 0.100. The van der Waals surface area contributed by atoms with E-state index in [1.807, 2.05) is 0 Å². The minimum Gasteiger partial charge on any atom is -0.492 e. The van der Waals surface area contributed by atoms with Gasteiger partial charge in [-0.2, -0.15) is 0 Å². The summed E-state index contributed by atoms with van der Waals surface area (Å²) in [6, 6.07) is 4.34. The molecule has 0 bridgehead atoms. The Morgan fingerprint density at radius 3 is 2.80 bits per heavy atom. The second-order valence-corrected chi connectivity index (χ2v) is 2.99. The summed E-state index contributed by atoms with van der Waals surface area (Å²) in [4.78, 5) is 10.8. The summed E-state index contributed by atoms with van der Waals surface area (Å²) in [5.41, 5.74) is 0.227. The lowest BCUT2D eigenvalue weighted by Crippen LogP contribution is -2.07. The van der Waals surface area contributed by atoms with E-state index >= 15 is 0 Å². The van der Waals surface area contributed by atoms with Crippen LogP contribution in [-0.2, 0) is 0 Å². The van der Waals surface area contributed by atoms with E-state index in [-0.39, 0.29) is 11.3 Å². The van der Waals surface area contributed by atoms with E-state index in [2.05, 4.69) is 0 Å². The number of aromatic nitrogens is 1. The summed E-state index contributed by atoms with van der Waals surface area (Å²) in [6.45, 7) is 0. The van der Waals surface area contributed by atoms with Gasteiger partial charge in [0, 0.05) is 11.6 Å². The van der Waals surface area contributed by atoms with Crippen LogP contribution < -0.4 is 4.74 Å². The minimum absolute atomic E-state index is 0.0556. The van der Waals surface area contributed by atoms with Crippen LogP contribution in [0.25, 0.3) is 10.9 Å². The summed E-state index contributed by atoms with van der Waals surface area (Å²) in [7, 11) is 1.30. The first kappa shape index (κ1) is 9.51. The van der Waals surface area contributed by atoms with Crippen molar-refractivity contribution in [2.24, 2.45) is 0 Å². The highest BCUT2D eigenvalue weighted by atomic mass is 19.1. The van der Waals surface area contributed by atoms with E-state index in [0.29, 0.717) is 5.39 Å². The molecule has 78 valence electrons. The van der Waals surface area contributed by atoms with Gasteiger partial charge in [-0.15, -0.1) is 0 Å². The first-order chi connectivity index (χ1) is 7.15. The molecule has 0 spiro atoms. The highest BCUT2D eigenvalue weighted by molar-refractivity contribution is 5.93. The van der Waals surface area contributed by atoms with Gasteiger partial charge in [-0.3, -0.25) is 0 Å². The number of hydrogen-bond acceptors (Lipinski definition) is 2. The maximum Gasteiger partial charge on any atom is 0.416 e. The van der Waals surface area contributed by atoms with Crippen LogP contribution in [0.15, 0.2) is 24.4 Å². The molecular weight excluding hydrogens is 201 g/mol. The molecule has 0 atom stereocenters. The van der Waals surface area contributed by atoms with Crippen molar-refractivity contribution >= 4 is 17.0 Å². The second kappa shape index (κ2) is 3.27. The van der Waals surface area contributed by atoms with Gasteiger partial charge in [0.05, 0.1) is 7.11 Å². The number of hydrogen-bond donors (Lipinski definition) is 1. The van der Waals surface area contributed by atoms with E-state index in [4.69, 9.17) is 9.84 Å². The molecule has 0 saturated heterocycles. The van der Waals surface area contributed by atoms with Crippen LogP contribution in [0, 0.1) is 5.82 Å². The molecule has 2 rings (SSSR count). The number of rotatable bonds is 1. The van der Waals surface area contributed by atoms with Crippen LogP contribution in [0.2, 0.25) is 0 Å². The normalized spacial score (nSPS) is 10.5. The highest BCUT2D eigenvalue weighted by Crippen LogP contribution is 2.29. The summed E-state index contributed by atoms with van der Waals surface area (Å²) in [5.74, 6) is -0.633. The molecule has 0 aliphatic carbocycles. The Labute approximate surface area is 84.5 Å². The molecule has 0 fully saturated rings. The van der Waals surface area contributed by atoms with Crippen molar-refractivity contribution in [3.63, 3.8) is 0 Å². The Hall–Kier alpha value is -2.04. The third-order valence-corrected chi connectivity index (χ3v) is 2.17. The molecule has 1 aromatic carbocycles. The van der Waals surface area contributed by atoms with E-state index in [1.165, 1.54) is 25.4 Å². The number of methoxy groups -OCH3 is 1. The largest absolute Gasteiger partial charge is 0.492 e. The van der Waals surface area contributed by atoms with Gasteiger partial charge < -0.3 is 9.84 Å². The Morgan fingerprint density at radius 1 is 1.47 bits per heavy atom. The van der Waals surface area contributed by atoms with Crippen LogP contribution >= 0.6 is 0 Å². The molecule has 0 radical (unpaired) electrons. The first-order valence-electron chi connectivity index (χ1n) is 4.22. The monoisotopic (exact) mass is 209 g/mol. The third-order valence-electron chi connectivity index (χ3n) is 2.17. The van der Waals surface area contributed by atoms with Crippen LogP contribution in [0.1, 0.15) is 0 Å². The number of carboxylic acid groups (broad SMARTS) is 1. The van der Waals surface area contributed by atoms with E-state index in [0.717, 1.165) is 4.57 Å². The Morgan fingerprint density at radius 2 is 2.20 bits per heavy atom. The van der Waals surface area contributed by atoms with Crippen LogP contribution in [0.4, 0.5) is 9.18 Å². The van der Waals surface area contributed by atoms with Crippen LogP contribution in [0.3, 0.4) is 0 Å². The number of halogens is 1. The predicted octanol–water partition coefficient (Wildman–Crippen LogP) is 2.32. The first-order valence-corrected chi connectivity index (χ1v) is 4.22. The van der Waals surface area contributed by atoms with Crippen molar-refractivity contribution in [1.82, 2.24) is 4.57 Å². The molecule has 0 aliphatic rings. The predicted molar refractivity (Wildman–Crippen MR) is 51.9 cm³/mol. The molecular formula is C10H8FNO3. The zero-order valence-corrected chi connectivity index (χ0v) is 7.90. The standard InChI is InChI=1S/C10H8FNO3/c1-15-9-7(11)3-2-6-4-5-12(8(6)9)10(13)14/h2-5H,1H3,(H,13,14). The average Bonchev–Trinajstić information content (AvgIpc) is 2.61. The van der Waals surface area contributed by atoms with Gasteiger partial charge in [-0.1, -0.05) is 0 Å². The third kappa shape index (κ3) is 1.32. The quantitative estimate of drug-likeness (QED) is 0.784. The summed E-state index contributed by atoms with van der Waals surface area (Å²) in [5, 5.41) is 9.49. The van der Waals surface area contributed by atoms with Gasteiger partial charge in [-0.05, 0) is 18.2 Å². The van der Waals surface area contributed by atoms with Crippen molar-refractivity contribution in [2.75, 3.05) is 7.11 Å². The smallest absolute Gasteiger partial charge is 0.416 e. The highest BCUT2D eigenvalue weighted by Gasteiger charge is 2.15. The van der Waals surface area contributed by atoms with Gasteiger partial charge in [0.2, 0.25) is 0 Å². The molecule has 0 aliphatic heterocycles. The van der Waals surface area contributed by atoms with Crippen molar-refractivity contribution in [3.8, 4) is 5.75 Å². The molecule has 1 heterocycles. The molecule has 0 amide bonds. The molecule has 0 saturated carbocycles. The number of nitrogens with zero attached hydrogens (tertiary/aromatic N) is 1. The summed E-state index contributed by atoms with van der Waals surface area (Å²) >= 11 is 0. The SMILES string of the molecule is COc1c(F)ccc2ccn(C(=O)O)c12. The Kier molecular flexibility index (Phi) is 2.07. The van der Waals surface area contributed by atoms with Crippen molar-refractivity contribution in [1.29, 1.82) is 0 Å². The zero-order valence-electron chi connectivity index (χ0n) is 7.90. The fourth-order valence-electron chi connectivity index (χ4n) is 1.53. The van der Waals surface area contributed by atoms with Crippen LogP contribution in [0.5, 0.6) is 5.75 Å². The molecule has 5 heteroatoms. The van der Waals surface area contributed by atoms with Gasteiger partial charge in [0.25, 0.3) is 0 Å². The molecule has 0 unspecified atom stereocenters. The Balaban J connectivity index is 2.86. The maximum atomic E-state index is 13.3. The lowest BCUT2D eigenvalue weighted by atomic mass is 10.2. The van der Waals surface area contributed by atoms with Gasteiger partial charge >= 0.3 is 6.09 Å². The summed E-state index contributed by atoms with van der Waals surface area (Å²) < 4.78 is 19.1. The summed E-state index contributed by atoms with van der Waals surface area (Å²) in [6.07, 6.45) is 0.184. The van der Waals surface area contributed by atoms with E-state index in [9.17, 15) is 9.18 Å². The van der Waals surface area contributed by atoms with E-state index < -0.39 is 11.9 Å². The molecule has 4 nitrogen and oxygen atoms in total. The lowest BCUT2D eigenvalue weighted by molar-refractivity contribution is 0.197. The van der Waals surface area contributed by atoms with Crippen molar-refractivity contribution in [2.45, 2.75) is 0 Å². The van der Waals surface area contributed by atoms with Gasteiger partial charge in [-0.25, -0.2) is 13.8 Å². The molecule has 2 aromatic rings. The van der Waals surface area contributed by atoms with Crippen LogP contribution in [-0.4, -0.2) is 22.9 Å². The average molecular weight is 209 g/mol. The zero-order chi connectivity index (χ0) is 11.0. The van der Waals surface area contributed by atoms with Crippen molar-refractivity contribution < 1.29 is 19.0 Å². The van der Waals surface area contributed by atoms with Gasteiger partial charge in [0.1, 0.15) is 5.52 Å². The maximum absolute atomic E-state index is 13.3. The molecule has 1 aromatic heterocycles. The fourth-order valence-corrected chi connectivity index (χ4v) is 1.53. The lowest BCUT2D eigenvalue weighted by Gasteiger charge is -2.05.